The van der Waals surface area contributed by atoms with Gasteiger partial charge in [0.25, 0.3) is 0 Å². The highest BCUT2D eigenvalue weighted by Crippen LogP contribution is 2.40. The molecular formula is C25H27F6N3. The van der Waals surface area contributed by atoms with Crippen molar-refractivity contribution in [2.24, 2.45) is 0 Å². The summed E-state index contributed by atoms with van der Waals surface area (Å²) in [5, 5.41) is 4.16. The third kappa shape index (κ3) is 5.75. The molecule has 0 amide bonds. The number of H-pyrrole nitrogens is 1. The fourth-order valence-corrected chi connectivity index (χ4v) is 4.58. The van der Waals surface area contributed by atoms with E-state index in [0.29, 0.717) is 24.0 Å². The number of halogens is 6. The van der Waals surface area contributed by atoms with E-state index < -0.39 is 23.5 Å². The molecule has 3 nitrogen and oxygen atoms in total. The Kier molecular flexibility index (Phi) is 7.23. The average Bonchev–Trinajstić information content (AvgIpc) is 3.42. The highest BCUT2D eigenvalue weighted by Gasteiger charge is 2.37. The second-order valence-electron chi connectivity index (χ2n) is 8.72. The van der Waals surface area contributed by atoms with Crippen LogP contribution >= 0.6 is 0 Å². The number of fused-ring (bicyclic) bond motifs is 1. The van der Waals surface area contributed by atoms with Crippen molar-refractivity contribution in [2.75, 3.05) is 32.7 Å². The van der Waals surface area contributed by atoms with Crippen molar-refractivity contribution in [2.45, 2.75) is 38.0 Å². The summed E-state index contributed by atoms with van der Waals surface area (Å²) < 4.78 is 80.4. The zero-order valence-corrected chi connectivity index (χ0v) is 18.6. The second kappa shape index (κ2) is 10.00. The summed E-state index contributed by atoms with van der Waals surface area (Å²) in [5.74, 6) is 0. The van der Waals surface area contributed by atoms with E-state index in [0.717, 1.165) is 50.1 Å². The van der Waals surface area contributed by atoms with Crippen LogP contribution in [-0.2, 0) is 18.8 Å². The lowest BCUT2D eigenvalue weighted by atomic mass is 9.98. The minimum Gasteiger partial charge on any atom is -0.354 e. The summed E-state index contributed by atoms with van der Waals surface area (Å²) in [6.07, 6.45) is -5.84. The molecule has 9 heteroatoms. The Morgan fingerprint density at radius 1 is 0.853 bits per heavy atom. The molecule has 0 atom stereocenters. The largest absolute Gasteiger partial charge is 0.416 e. The van der Waals surface area contributed by atoms with Crippen LogP contribution in [0.4, 0.5) is 26.3 Å². The van der Waals surface area contributed by atoms with Gasteiger partial charge in [0.2, 0.25) is 0 Å². The number of para-hydroxylation sites is 1. The van der Waals surface area contributed by atoms with Crippen LogP contribution < -0.4 is 5.32 Å². The van der Waals surface area contributed by atoms with Gasteiger partial charge in [-0.2, -0.15) is 26.3 Å². The number of likely N-dealkylation sites (tertiary alicyclic amines) is 1. The van der Waals surface area contributed by atoms with E-state index >= 15 is 0 Å². The van der Waals surface area contributed by atoms with Crippen LogP contribution in [0.3, 0.4) is 0 Å². The lowest BCUT2D eigenvalue weighted by molar-refractivity contribution is -0.143. The van der Waals surface area contributed by atoms with Crippen LogP contribution in [-0.4, -0.2) is 42.6 Å². The number of nitrogens with zero attached hydrogens (tertiary/aromatic N) is 1. The van der Waals surface area contributed by atoms with Crippen LogP contribution in [0.1, 0.15) is 36.0 Å². The number of rotatable bonds is 8. The predicted molar refractivity (Wildman–Crippen MR) is 121 cm³/mol. The third-order valence-corrected chi connectivity index (χ3v) is 6.27. The SMILES string of the molecule is FC(F)(F)c1cc(-c2[nH]c3ccccc3c2CCNCCCN2CCCC2)cc(C(F)(F)F)c1. The van der Waals surface area contributed by atoms with Crippen molar-refractivity contribution in [1.29, 1.82) is 0 Å². The Morgan fingerprint density at radius 3 is 2.15 bits per heavy atom. The van der Waals surface area contributed by atoms with Gasteiger partial charge in [-0.1, -0.05) is 18.2 Å². The Balaban J connectivity index is 1.58. The molecule has 1 fully saturated rings. The molecule has 3 aromatic rings. The predicted octanol–water partition coefficient (Wildman–Crippen LogP) is 6.49. The van der Waals surface area contributed by atoms with E-state index in [1.165, 1.54) is 12.8 Å². The molecule has 2 heterocycles. The molecule has 1 aromatic heterocycles. The lowest BCUT2D eigenvalue weighted by Crippen LogP contribution is -2.25. The van der Waals surface area contributed by atoms with Crippen molar-refractivity contribution in [1.82, 2.24) is 15.2 Å². The standard InChI is InChI=1S/C25H27F6N3/c26-24(27,28)18-14-17(15-19(16-18)25(29,30)31)23-21(20-6-1-2-7-22(20)33-23)8-10-32-9-5-13-34-11-3-4-12-34/h1-2,6-7,14-16,32-33H,3-5,8-13H2. The molecule has 2 aromatic carbocycles. The smallest absolute Gasteiger partial charge is 0.354 e. The summed E-state index contributed by atoms with van der Waals surface area (Å²) in [4.78, 5) is 5.48. The minimum atomic E-state index is -4.89. The van der Waals surface area contributed by atoms with Crippen LogP contribution in [0.2, 0.25) is 0 Å². The Labute approximate surface area is 194 Å². The van der Waals surface area contributed by atoms with Crippen LogP contribution in [0.25, 0.3) is 22.2 Å². The molecule has 1 aliphatic rings. The van der Waals surface area contributed by atoms with E-state index in [1.54, 1.807) is 18.2 Å². The summed E-state index contributed by atoms with van der Waals surface area (Å²) in [7, 11) is 0. The lowest BCUT2D eigenvalue weighted by Gasteiger charge is -2.15. The molecule has 0 spiro atoms. The zero-order valence-electron chi connectivity index (χ0n) is 18.6. The number of hydrogen-bond donors (Lipinski definition) is 2. The minimum absolute atomic E-state index is 0.123. The maximum Gasteiger partial charge on any atom is 0.416 e. The molecule has 0 aliphatic carbocycles. The van der Waals surface area contributed by atoms with Gasteiger partial charge in [0.1, 0.15) is 0 Å². The normalized spacial score (nSPS) is 15.5. The van der Waals surface area contributed by atoms with Gasteiger partial charge in [-0.05, 0) is 93.8 Å². The van der Waals surface area contributed by atoms with E-state index in [2.05, 4.69) is 15.2 Å². The number of hydrogen-bond acceptors (Lipinski definition) is 2. The van der Waals surface area contributed by atoms with Crippen LogP contribution in [0.5, 0.6) is 0 Å². The number of nitrogens with one attached hydrogen (secondary N) is 2. The summed E-state index contributed by atoms with van der Waals surface area (Å²) in [6, 6.07) is 8.91. The topological polar surface area (TPSA) is 31.1 Å². The number of benzene rings is 2. The van der Waals surface area contributed by atoms with Crippen LogP contribution in [0.15, 0.2) is 42.5 Å². The van der Waals surface area contributed by atoms with Gasteiger partial charge in [0.15, 0.2) is 0 Å². The quantitative estimate of drug-likeness (QED) is 0.283. The van der Waals surface area contributed by atoms with Gasteiger partial charge in [0, 0.05) is 16.6 Å². The maximum absolute atomic E-state index is 13.4. The molecule has 34 heavy (non-hydrogen) atoms. The van der Waals surface area contributed by atoms with Gasteiger partial charge in [-0.3, -0.25) is 0 Å². The maximum atomic E-state index is 13.4. The van der Waals surface area contributed by atoms with Gasteiger partial charge >= 0.3 is 12.4 Å². The van der Waals surface area contributed by atoms with E-state index in [4.69, 9.17) is 0 Å². The first-order valence-electron chi connectivity index (χ1n) is 11.5. The highest BCUT2D eigenvalue weighted by molar-refractivity contribution is 5.91. The van der Waals surface area contributed by atoms with Crippen molar-refractivity contribution >= 4 is 10.9 Å². The molecular weight excluding hydrogens is 456 g/mol. The van der Waals surface area contributed by atoms with Gasteiger partial charge < -0.3 is 15.2 Å². The van der Waals surface area contributed by atoms with Gasteiger partial charge in [0.05, 0.1) is 11.1 Å². The summed E-state index contributed by atoms with van der Waals surface area (Å²) in [6.45, 7) is 4.66. The number of aromatic nitrogens is 1. The third-order valence-electron chi connectivity index (χ3n) is 6.27. The molecule has 4 rings (SSSR count). The second-order valence-corrected chi connectivity index (χ2v) is 8.72. The summed E-state index contributed by atoms with van der Waals surface area (Å²) >= 11 is 0. The van der Waals surface area contributed by atoms with Gasteiger partial charge in [-0.25, -0.2) is 0 Å². The van der Waals surface area contributed by atoms with E-state index in [-0.39, 0.29) is 17.3 Å². The number of aromatic amines is 1. The Morgan fingerprint density at radius 2 is 1.50 bits per heavy atom. The molecule has 0 radical (unpaired) electrons. The fraction of sp³-hybridized carbons (Fsp3) is 0.440. The van der Waals surface area contributed by atoms with Gasteiger partial charge in [-0.15, -0.1) is 0 Å². The monoisotopic (exact) mass is 483 g/mol. The molecule has 0 bridgehead atoms. The van der Waals surface area contributed by atoms with Crippen molar-refractivity contribution in [3.63, 3.8) is 0 Å². The molecule has 0 saturated carbocycles. The van der Waals surface area contributed by atoms with Crippen molar-refractivity contribution in [3.8, 4) is 11.3 Å². The first-order chi connectivity index (χ1) is 16.1. The molecule has 1 aliphatic heterocycles. The molecule has 2 N–H and O–H groups in total. The average molecular weight is 484 g/mol. The van der Waals surface area contributed by atoms with Crippen LogP contribution in [0, 0.1) is 0 Å². The Bertz CT molecular complexity index is 1080. The molecule has 184 valence electrons. The highest BCUT2D eigenvalue weighted by atomic mass is 19.4. The Hall–Kier alpha value is -2.52. The van der Waals surface area contributed by atoms with Crippen molar-refractivity contribution < 1.29 is 26.3 Å². The zero-order chi connectivity index (χ0) is 24.3. The fourth-order valence-electron chi connectivity index (χ4n) is 4.58. The van der Waals surface area contributed by atoms with E-state index in [1.807, 2.05) is 6.07 Å². The van der Waals surface area contributed by atoms with E-state index in [9.17, 15) is 26.3 Å². The first kappa shape index (κ1) is 24.6. The summed E-state index contributed by atoms with van der Waals surface area (Å²) in [5.41, 5.74) is -1.09. The van der Waals surface area contributed by atoms with Crippen molar-refractivity contribution in [3.05, 3.63) is 59.2 Å². The molecule has 1 saturated heterocycles. The molecule has 0 unspecified atom stereocenters. The number of alkyl halides is 6. The first-order valence-corrected chi connectivity index (χ1v) is 11.5.